The first-order valence-corrected chi connectivity index (χ1v) is 24.4. The smallest absolute Gasteiger partial charge is 0.253 e. The molecule has 4 aliphatic rings. The second-order valence-corrected chi connectivity index (χ2v) is 20.8. The van der Waals surface area contributed by atoms with Gasteiger partial charge < -0.3 is 15.1 Å². The highest BCUT2D eigenvalue weighted by atomic mass is 16.2. The van der Waals surface area contributed by atoms with Gasteiger partial charge in [-0.3, -0.25) is 14.5 Å². The number of hydrogen-bond acceptors (Lipinski definition) is 5. The van der Waals surface area contributed by atoms with Gasteiger partial charge in [-0.15, -0.1) is 0 Å². The fourth-order valence-corrected chi connectivity index (χ4v) is 11.6. The number of anilines is 3. The second-order valence-electron chi connectivity index (χ2n) is 20.8. The average molecular weight is 869 g/mol. The van der Waals surface area contributed by atoms with Gasteiger partial charge in [0.05, 0.1) is 0 Å². The minimum absolute atomic E-state index is 0.0910. The third-order valence-corrected chi connectivity index (χ3v) is 15.5. The van der Waals surface area contributed by atoms with Crippen molar-refractivity contribution in [1.82, 2.24) is 4.90 Å². The number of carbonyl (C=O) groups is 2. The van der Waals surface area contributed by atoms with Crippen LogP contribution in [0.4, 0.5) is 17.1 Å². The van der Waals surface area contributed by atoms with E-state index in [4.69, 9.17) is 6.58 Å². The fourth-order valence-electron chi connectivity index (χ4n) is 11.6. The highest BCUT2D eigenvalue weighted by Gasteiger charge is 2.45. The lowest BCUT2D eigenvalue weighted by Gasteiger charge is -2.36. The summed E-state index contributed by atoms with van der Waals surface area (Å²) in [7, 11) is 0. The molecule has 340 valence electrons. The maximum absolute atomic E-state index is 12.1. The van der Waals surface area contributed by atoms with Crippen molar-refractivity contribution in [2.75, 3.05) is 47.8 Å². The molecule has 0 aromatic heterocycles. The Hall–Kier alpha value is -5.62. The molecule has 2 amide bonds. The van der Waals surface area contributed by atoms with E-state index in [1.54, 1.807) is 0 Å². The Morgan fingerprint density at radius 3 is 1.91 bits per heavy atom. The van der Waals surface area contributed by atoms with Gasteiger partial charge in [0.1, 0.15) is 0 Å². The molecule has 0 unspecified atom stereocenters. The first-order valence-electron chi connectivity index (χ1n) is 24.4. The number of carbonyl (C=O) groups excluding carboxylic acids is 2. The van der Waals surface area contributed by atoms with Crippen molar-refractivity contribution in [1.29, 1.82) is 0 Å². The Bertz CT molecular complexity index is 2630. The van der Waals surface area contributed by atoms with Crippen LogP contribution in [0.3, 0.4) is 0 Å². The third-order valence-electron chi connectivity index (χ3n) is 15.5. The van der Waals surface area contributed by atoms with Crippen LogP contribution in [0.15, 0.2) is 115 Å². The average Bonchev–Trinajstić information content (AvgIpc) is 3.89. The Morgan fingerprint density at radius 1 is 0.692 bits per heavy atom. The zero-order valence-electron chi connectivity index (χ0n) is 41.2. The Balaban J connectivity index is 1.12. The van der Waals surface area contributed by atoms with Crippen LogP contribution in [-0.2, 0) is 31.2 Å². The summed E-state index contributed by atoms with van der Waals surface area (Å²) in [6.45, 7) is 34.7. The van der Waals surface area contributed by atoms with Crippen LogP contribution in [-0.4, -0.2) is 49.4 Å². The topological polar surface area (TPSA) is 55.9 Å². The molecule has 0 spiro atoms. The number of amides is 2. The molecule has 6 heteroatoms. The molecule has 8 rings (SSSR count). The molecule has 0 saturated carbocycles. The Kier molecular flexibility index (Phi) is 12.2. The predicted octanol–water partition coefficient (Wildman–Crippen LogP) is 13.5. The minimum atomic E-state index is -0.381. The van der Waals surface area contributed by atoms with E-state index in [0.717, 1.165) is 63.9 Å². The van der Waals surface area contributed by atoms with Crippen molar-refractivity contribution in [3.63, 3.8) is 0 Å². The first-order chi connectivity index (χ1) is 30.9. The van der Waals surface area contributed by atoms with Gasteiger partial charge in [0.25, 0.3) is 11.8 Å². The fraction of sp³-hybridized carbons (Fsp3) is 0.424. The van der Waals surface area contributed by atoms with Crippen LogP contribution in [0.1, 0.15) is 142 Å². The van der Waals surface area contributed by atoms with E-state index in [1.807, 2.05) is 0 Å². The molecule has 0 radical (unpaired) electrons. The molecule has 1 N–H and O–H groups in total. The molecular weight excluding hydrogens is 797 g/mol. The van der Waals surface area contributed by atoms with E-state index in [0.29, 0.717) is 6.54 Å². The summed E-state index contributed by atoms with van der Waals surface area (Å²) in [6, 6.07) is 25.4. The van der Waals surface area contributed by atoms with Crippen molar-refractivity contribution < 1.29 is 9.59 Å². The zero-order chi connectivity index (χ0) is 46.6. The number of unbranched alkanes of at least 4 members (excludes halogenated alkanes) is 4. The van der Waals surface area contributed by atoms with E-state index in [2.05, 4.69) is 176 Å². The molecule has 4 aromatic rings. The zero-order valence-corrected chi connectivity index (χ0v) is 41.2. The molecule has 4 aromatic carbocycles. The number of fused-ring (bicyclic) bond motifs is 7. The van der Waals surface area contributed by atoms with Crippen molar-refractivity contribution in [3.05, 3.63) is 148 Å². The lowest BCUT2D eigenvalue weighted by Crippen LogP contribution is -2.30. The SMILES string of the molecule is C=C(/C=C/C=C1/N(CCCCCCCN2C(=O)C=CC2=O)c2cc3c(cc2C1(C)C)-c1ccccc1C3(C)C)C(C)(C)c1cc(N(CC)CC)c2c(c1NCC)C(C)(C)c1ccccc1-2. The van der Waals surface area contributed by atoms with E-state index in [9.17, 15) is 9.59 Å². The van der Waals surface area contributed by atoms with Gasteiger partial charge in [0, 0.05) is 94.9 Å². The lowest BCUT2D eigenvalue weighted by atomic mass is 9.73. The van der Waals surface area contributed by atoms with Crippen LogP contribution < -0.4 is 15.1 Å². The summed E-state index contributed by atoms with van der Waals surface area (Å²) in [5.74, 6) is -0.380. The highest BCUT2D eigenvalue weighted by Crippen LogP contribution is 2.59. The maximum Gasteiger partial charge on any atom is 0.253 e. The van der Waals surface area contributed by atoms with Gasteiger partial charge in [-0.1, -0.05) is 142 Å². The van der Waals surface area contributed by atoms with E-state index in [1.165, 1.54) is 95.4 Å². The quantitative estimate of drug-likeness (QED) is 0.0651. The molecule has 2 aliphatic carbocycles. The van der Waals surface area contributed by atoms with Gasteiger partial charge >= 0.3 is 0 Å². The summed E-state index contributed by atoms with van der Waals surface area (Å²) < 4.78 is 0. The maximum atomic E-state index is 12.1. The van der Waals surface area contributed by atoms with Gasteiger partial charge in [0.2, 0.25) is 0 Å². The minimum Gasteiger partial charge on any atom is -0.385 e. The molecule has 6 nitrogen and oxygen atoms in total. The molecule has 0 bridgehead atoms. The number of imide groups is 1. The van der Waals surface area contributed by atoms with Crippen molar-refractivity contribution in [2.24, 2.45) is 0 Å². The molecule has 2 aliphatic heterocycles. The largest absolute Gasteiger partial charge is 0.385 e. The number of allylic oxidation sites excluding steroid dienone is 5. The normalized spacial score (nSPS) is 17.8. The second kappa shape index (κ2) is 17.3. The predicted molar refractivity (Wildman–Crippen MR) is 274 cm³/mol. The van der Waals surface area contributed by atoms with Crippen molar-refractivity contribution >= 4 is 28.9 Å². The number of benzene rings is 4. The Labute approximate surface area is 390 Å². The molecule has 2 heterocycles. The summed E-state index contributed by atoms with van der Waals surface area (Å²) in [5.41, 5.74) is 19.0. The van der Waals surface area contributed by atoms with Crippen LogP contribution >= 0.6 is 0 Å². The summed E-state index contributed by atoms with van der Waals surface area (Å²) >= 11 is 0. The monoisotopic (exact) mass is 869 g/mol. The van der Waals surface area contributed by atoms with Gasteiger partial charge in [-0.05, 0) is 114 Å². The lowest BCUT2D eigenvalue weighted by molar-refractivity contribution is -0.136. The molecule has 0 atom stereocenters. The number of rotatable bonds is 17. The van der Waals surface area contributed by atoms with E-state index >= 15 is 0 Å². The van der Waals surface area contributed by atoms with Crippen LogP contribution in [0.5, 0.6) is 0 Å². The van der Waals surface area contributed by atoms with E-state index < -0.39 is 0 Å². The number of nitrogens with one attached hydrogen (secondary N) is 1. The van der Waals surface area contributed by atoms with Crippen molar-refractivity contribution in [3.8, 4) is 22.3 Å². The molecule has 0 saturated heterocycles. The van der Waals surface area contributed by atoms with Gasteiger partial charge in [-0.25, -0.2) is 0 Å². The van der Waals surface area contributed by atoms with Gasteiger partial charge in [-0.2, -0.15) is 0 Å². The first kappa shape index (κ1) is 45.9. The van der Waals surface area contributed by atoms with Crippen LogP contribution in [0.2, 0.25) is 0 Å². The number of nitrogens with zero attached hydrogens (tertiary/aromatic N) is 3. The van der Waals surface area contributed by atoms with Gasteiger partial charge in [0.15, 0.2) is 0 Å². The summed E-state index contributed by atoms with van der Waals surface area (Å²) in [4.78, 5) is 30.6. The summed E-state index contributed by atoms with van der Waals surface area (Å²) in [5, 5.41) is 3.91. The molecular formula is C59H72N4O2. The number of hydrogen-bond donors (Lipinski definition) is 1. The standard InChI is InChI=1S/C59H72N4O2/c1-13-60-55-47(38-49(61(14-2)15-3)53-41-28-20-22-30-44(41)59(11,12)54(53)55)56(5,6)39(4)26-25-31-50-58(9,10)46-36-42-40-27-19-21-29-43(40)57(7,8)45(42)37-48(46)62(50)34-23-17-16-18-24-35-63-51(64)32-33-52(63)65/h19-22,25-33,36-38,60H,4,13-18,23-24,34-35H2,1-3,5-12H3/b26-25+,50-31+. The third kappa shape index (κ3) is 7.59. The molecule has 65 heavy (non-hydrogen) atoms. The molecule has 0 fully saturated rings. The highest BCUT2D eigenvalue weighted by molar-refractivity contribution is 6.12. The van der Waals surface area contributed by atoms with Crippen LogP contribution in [0, 0.1) is 0 Å². The van der Waals surface area contributed by atoms with Crippen molar-refractivity contribution in [2.45, 2.75) is 130 Å². The Morgan fingerprint density at radius 2 is 1.28 bits per heavy atom. The van der Waals surface area contributed by atoms with Crippen LogP contribution in [0.25, 0.3) is 22.3 Å². The summed E-state index contributed by atoms with van der Waals surface area (Å²) in [6.07, 6.45) is 14.6. The van der Waals surface area contributed by atoms with E-state index in [-0.39, 0.29) is 33.5 Å².